The number of anilines is 2. The van der Waals surface area contributed by atoms with Gasteiger partial charge in [-0.2, -0.15) is 0 Å². The molecular weight excluding hydrogens is 404 g/mol. The summed E-state index contributed by atoms with van der Waals surface area (Å²) < 4.78 is 27.6. The molecule has 4 aromatic carbocycles. The van der Waals surface area contributed by atoms with Crippen LogP contribution < -0.4 is 4.90 Å². The predicted molar refractivity (Wildman–Crippen MR) is 120 cm³/mol. The number of para-hydroxylation sites is 2. The van der Waals surface area contributed by atoms with Gasteiger partial charge in [-0.3, -0.25) is 9.69 Å². The highest BCUT2D eigenvalue weighted by atomic mass is 19.1. The highest BCUT2D eigenvalue weighted by Gasteiger charge is 2.77. The molecule has 156 valence electrons. The van der Waals surface area contributed by atoms with Crippen LogP contribution in [-0.2, 0) is 15.6 Å². The van der Waals surface area contributed by atoms with Crippen molar-refractivity contribution in [1.82, 2.24) is 0 Å². The van der Waals surface area contributed by atoms with E-state index in [-0.39, 0.29) is 17.5 Å². The normalized spacial score (nSPS) is 20.4. The number of hydrogen-bond acceptors (Lipinski definition) is 1. The van der Waals surface area contributed by atoms with Crippen LogP contribution in [-0.4, -0.2) is 5.91 Å². The second-order valence-electron chi connectivity index (χ2n) is 8.49. The lowest BCUT2D eigenvalue weighted by Gasteiger charge is -2.24. The second-order valence-corrected chi connectivity index (χ2v) is 8.49. The first kappa shape index (κ1) is 18.9. The number of hydrogen-bond donors (Lipinski definition) is 0. The van der Waals surface area contributed by atoms with E-state index in [4.69, 9.17) is 0 Å². The molecule has 1 spiro atoms. The minimum Gasteiger partial charge on any atom is -0.280 e. The SMILES string of the molecule is O=C1N(c2ccccc2)c2ccccc2C12CC2(c1ccc(F)cc1)c1ccc(F)cc1. The average molecular weight is 423 g/mol. The molecule has 2 nitrogen and oxygen atoms in total. The Balaban J connectivity index is 1.61. The van der Waals surface area contributed by atoms with Crippen molar-refractivity contribution in [2.24, 2.45) is 0 Å². The van der Waals surface area contributed by atoms with E-state index in [0.717, 1.165) is 28.1 Å². The van der Waals surface area contributed by atoms with Gasteiger partial charge in [0.1, 0.15) is 11.6 Å². The van der Waals surface area contributed by atoms with Crippen LogP contribution in [0.5, 0.6) is 0 Å². The number of carbonyl (C=O) groups is 1. The van der Waals surface area contributed by atoms with Crippen LogP contribution in [0.25, 0.3) is 0 Å². The minimum atomic E-state index is -0.838. The van der Waals surface area contributed by atoms with E-state index in [1.54, 1.807) is 29.2 Å². The standard InChI is InChI=1S/C28H19F2NO/c29-21-14-10-19(11-15-21)27(20-12-16-22(30)17-13-20)18-28(27)24-8-4-5-9-25(24)31(26(28)32)23-6-2-1-3-7-23/h1-17H,18H2. The third-order valence-corrected chi connectivity index (χ3v) is 7.00. The summed E-state index contributed by atoms with van der Waals surface area (Å²) in [5.41, 5.74) is 2.77. The Morgan fingerprint density at radius 3 is 1.75 bits per heavy atom. The molecule has 2 aliphatic rings. The monoisotopic (exact) mass is 423 g/mol. The largest absolute Gasteiger partial charge is 0.280 e. The summed E-state index contributed by atoms with van der Waals surface area (Å²) in [6, 6.07) is 30.1. The molecule has 0 bridgehead atoms. The van der Waals surface area contributed by atoms with E-state index >= 15 is 0 Å². The van der Waals surface area contributed by atoms with Crippen LogP contribution in [0.4, 0.5) is 20.2 Å². The third kappa shape index (κ3) is 2.35. The highest BCUT2D eigenvalue weighted by Crippen LogP contribution is 2.73. The van der Waals surface area contributed by atoms with Gasteiger partial charge < -0.3 is 0 Å². The van der Waals surface area contributed by atoms with Crippen molar-refractivity contribution in [3.05, 3.63) is 131 Å². The fourth-order valence-corrected chi connectivity index (χ4v) is 5.55. The first-order chi connectivity index (χ1) is 15.6. The molecule has 1 atom stereocenters. The lowest BCUT2D eigenvalue weighted by molar-refractivity contribution is -0.119. The fraction of sp³-hybridized carbons (Fsp3) is 0.107. The number of fused-ring (bicyclic) bond motifs is 2. The van der Waals surface area contributed by atoms with Gasteiger partial charge >= 0.3 is 0 Å². The van der Waals surface area contributed by atoms with Gasteiger partial charge in [0, 0.05) is 11.1 Å². The molecule has 1 fully saturated rings. The molecule has 1 aliphatic heterocycles. The third-order valence-electron chi connectivity index (χ3n) is 7.00. The molecular formula is C28H19F2NO. The number of benzene rings is 4. The van der Waals surface area contributed by atoms with Crippen molar-refractivity contribution >= 4 is 17.3 Å². The number of rotatable bonds is 3. The summed E-state index contributed by atoms with van der Waals surface area (Å²) in [6.07, 6.45) is 0.538. The Bertz CT molecular complexity index is 1290. The average Bonchev–Trinajstić information content (AvgIpc) is 3.46. The Morgan fingerprint density at radius 1 is 0.625 bits per heavy atom. The van der Waals surface area contributed by atoms with Crippen molar-refractivity contribution in [1.29, 1.82) is 0 Å². The summed E-state index contributed by atoms with van der Waals surface area (Å²) in [7, 11) is 0. The Kier molecular flexibility index (Phi) is 3.91. The molecule has 0 radical (unpaired) electrons. The van der Waals surface area contributed by atoms with Gasteiger partial charge in [0.15, 0.2) is 0 Å². The van der Waals surface area contributed by atoms with Crippen molar-refractivity contribution in [2.75, 3.05) is 4.90 Å². The molecule has 1 unspecified atom stereocenters. The zero-order valence-electron chi connectivity index (χ0n) is 17.1. The van der Waals surface area contributed by atoms with Crippen LogP contribution in [0.1, 0.15) is 23.1 Å². The Labute approximate surface area is 184 Å². The van der Waals surface area contributed by atoms with Gasteiger partial charge in [0.05, 0.1) is 11.1 Å². The van der Waals surface area contributed by atoms with E-state index in [1.165, 1.54) is 24.3 Å². The van der Waals surface area contributed by atoms with Gasteiger partial charge in [-0.15, -0.1) is 0 Å². The second kappa shape index (κ2) is 6.60. The molecule has 0 N–H and O–H groups in total. The van der Waals surface area contributed by atoms with Gasteiger partial charge in [-0.25, -0.2) is 8.78 Å². The minimum absolute atomic E-state index is 0.0152. The number of nitrogens with zero attached hydrogens (tertiary/aromatic N) is 1. The summed E-state index contributed by atoms with van der Waals surface area (Å²) in [4.78, 5) is 16.0. The quantitative estimate of drug-likeness (QED) is 0.380. The zero-order valence-corrected chi connectivity index (χ0v) is 17.1. The van der Waals surface area contributed by atoms with Crippen LogP contribution in [0, 0.1) is 11.6 Å². The predicted octanol–water partition coefficient (Wildman–Crippen LogP) is 6.27. The number of halogens is 2. The smallest absolute Gasteiger partial charge is 0.243 e. The lowest BCUT2D eigenvalue weighted by atomic mass is 9.77. The summed E-state index contributed by atoms with van der Waals surface area (Å²) >= 11 is 0. The van der Waals surface area contributed by atoms with Crippen molar-refractivity contribution in [3.8, 4) is 0 Å². The van der Waals surface area contributed by atoms with Crippen LogP contribution in [0.2, 0.25) is 0 Å². The molecule has 1 saturated carbocycles. The molecule has 6 rings (SSSR count). The van der Waals surface area contributed by atoms with Crippen molar-refractivity contribution in [3.63, 3.8) is 0 Å². The van der Waals surface area contributed by atoms with Gasteiger partial charge in [-0.05, 0) is 65.6 Å². The van der Waals surface area contributed by atoms with Gasteiger partial charge in [0.25, 0.3) is 0 Å². The molecule has 1 heterocycles. The summed E-state index contributed by atoms with van der Waals surface area (Å²) in [5, 5.41) is 0. The van der Waals surface area contributed by atoms with Crippen molar-refractivity contribution < 1.29 is 13.6 Å². The molecule has 0 saturated heterocycles. The summed E-state index contributed by atoms with van der Waals surface area (Å²) in [5.74, 6) is -0.679. The van der Waals surface area contributed by atoms with E-state index in [1.807, 2.05) is 54.6 Å². The van der Waals surface area contributed by atoms with Gasteiger partial charge in [0.2, 0.25) is 5.91 Å². The number of amides is 1. The Morgan fingerprint density at radius 2 is 1.16 bits per heavy atom. The number of carbonyl (C=O) groups excluding carboxylic acids is 1. The lowest BCUT2D eigenvalue weighted by Crippen LogP contribution is -2.34. The van der Waals surface area contributed by atoms with Gasteiger partial charge in [-0.1, -0.05) is 60.7 Å². The highest BCUT2D eigenvalue weighted by molar-refractivity contribution is 6.17. The molecule has 32 heavy (non-hydrogen) atoms. The van der Waals surface area contributed by atoms with E-state index < -0.39 is 10.8 Å². The molecule has 4 heteroatoms. The van der Waals surface area contributed by atoms with E-state index in [9.17, 15) is 13.6 Å². The molecule has 1 aliphatic carbocycles. The van der Waals surface area contributed by atoms with Crippen LogP contribution in [0.3, 0.4) is 0 Å². The fourth-order valence-electron chi connectivity index (χ4n) is 5.55. The Hall–Kier alpha value is -3.79. The maximum absolute atomic E-state index is 14.2. The first-order valence-corrected chi connectivity index (χ1v) is 10.6. The van der Waals surface area contributed by atoms with Crippen molar-refractivity contribution in [2.45, 2.75) is 17.3 Å². The molecule has 0 aromatic heterocycles. The maximum Gasteiger partial charge on any atom is 0.243 e. The topological polar surface area (TPSA) is 20.3 Å². The molecule has 4 aromatic rings. The first-order valence-electron chi connectivity index (χ1n) is 10.6. The van der Waals surface area contributed by atoms with Crippen LogP contribution >= 0.6 is 0 Å². The van der Waals surface area contributed by atoms with Crippen LogP contribution in [0.15, 0.2) is 103 Å². The maximum atomic E-state index is 14.2. The van der Waals surface area contributed by atoms with E-state index in [0.29, 0.717) is 6.42 Å². The summed E-state index contributed by atoms with van der Waals surface area (Å²) in [6.45, 7) is 0. The van der Waals surface area contributed by atoms with E-state index in [2.05, 4.69) is 0 Å². The molecule has 1 amide bonds. The zero-order chi connectivity index (χ0) is 21.9.